The van der Waals surface area contributed by atoms with Gasteiger partial charge in [-0.1, -0.05) is 42.4 Å². The summed E-state index contributed by atoms with van der Waals surface area (Å²) >= 11 is 6.22. The molecule has 0 spiro atoms. The first kappa shape index (κ1) is 24.5. The molecule has 1 saturated carbocycles. The van der Waals surface area contributed by atoms with Gasteiger partial charge in [-0.05, 0) is 50.3 Å². The zero-order chi connectivity index (χ0) is 24.0. The first-order valence-electron chi connectivity index (χ1n) is 12.4. The third-order valence-corrected chi connectivity index (χ3v) is 7.00. The third kappa shape index (κ3) is 6.09. The van der Waals surface area contributed by atoms with E-state index in [4.69, 9.17) is 16.1 Å². The lowest BCUT2D eigenvalue weighted by Crippen LogP contribution is -2.45. The van der Waals surface area contributed by atoms with Gasteiger partial charge >= 0.3 is 0 Å². The topological polar surface area (TPSA) is 100 Å². The second kappa shape index (κ2) is 11.2. The summed E-state index contributed by atoms with van der Waals surface area (Å²) in [6.45, 7) is 3.47. The Kier molecular flexibility index (Phi) is 8.08. The van der Waals surface area contributed by atoms with Crippen molar-refractivity contribution < 1.29 is 14.1 Å². The Bertz CT molecular complexity index is 994. The van der Waals surface area contributed by atoms with Gasteiger partial charge in [-0.25, -0.2) is 0 Å². The van der Waals surface area contributed by atoms with Crippen LogP contribution in [0.15, 0.2) is 22.7 Å². The maximum Gasteiger partial charge on any atom is 0.227 e. The first-order chi connectivity index (χ1) is 16.4. The molecule has 2 heterocycles. The van der Waals surface area contributed by atoms with E-state index >= 15 is 0 Å². The zero-order valence-electron chi connectivity index (χ0n) is 19.9. The minimum atomic E-state index is -0.587. The van der Waals surface area contributed by atoms with Gasteiger partial charge in [0.2, 0.25) is 17.7 Å². The van der Waals surface area contributed by atoms with E-state index in [2.05, 4.69) is 25.7 Å². The van der Waals surface area contributed by atoms with Crippen LogP contribution in [-0.4, -0.2) is 35.0 Å². The third-order valence-electron chi connectivity index (χ3n) is 6.76. The molecule has 0 unspecified atom stereocenters. The normalized spacial score (nSPS) is 18.2. The Morgan fingerprint density at radius 1 is 1.09 bits per heavy atom. The molecule has 2 aromatic rings. The zero-order valence-corrected chi connectivity index (χ0v) is 20.6. The lowest BCUT2D eigenvalue weighted by Gasteiger charge is -2.30. The van der Waals surface area contributed by atoms with Crippen LogP contribution in [0.1, 0.15) is 82.8 Å². The number of carbonyl (C=O) groups excluding carboxylic acids is 2. The van der Waals surface area contributed by atoms with Crippen molar-refractivity contribution in [3.05, 3.63) is 34.9 Å². The first-order valence-corrected chi connectivity index (χ1v) is 12.8. The maximum absolute atomic E-state index is 12.8. The van der Waals surface area contributed by atoms with Crippen LogP contribution < -0.4 is 15.5 Å². The Morgan fingerprint density at radius 3 is 2.50 bits per heavy atom. The highest BCUT2D eigenvalue weighted by Gasteiger charge is 2.38. The molecule has 4 rings (SSSR count). The van der Waals surface area contributed by atoms with Crippen LogP contribution in [0.3, 0.4) is 0 Å². The molecular weight excluding hydrogens is 454 g/mol. The number of piperidine rings is 1. The van der Waals surface area contributed by atoms with Crippen LogP contribution in [0.4, 0.5) is 11.4 Å². The number of amides is 2. The predicted octanol–water partition coefficient (Wildman–Crippen LogP) is 4.97. The highest BCUT2D eigenvalue weighted by molar-refractivity contribution is 6.31. The standard InChI is InChI=1S/C25H34ClN5O3/c1-18(32)29-25(13-5-2-3-6-14-25)24-28-23(34-30-24)12-11-22(33)27-20-17-19(26)9-10-21(20)31-15-7-4-8-16-31/h9-10,17H,2-8,11-16H2,1H3,(H,27,33)(H,29,32). The van der Waals surface area contributed by atoms with Gasteiger partial charge in [0.15, 0.2) is 5.82 Å². The second-order valence-electron chi connectivity index (χ2n) is 9.45. The highest BCUT2D eigenvalue weighted by Crippen LogP contribution is 2.35. The van der Waals surface area contributed by atoms with Gasteiger partial charge in [0.1, 0.15) is 5.54 Å². The molecule has 0 atom stereocenters. The van der Waals surface area contributed by atoms with Crippen molar-refractivity contribution in [2.45, 2.75) is 83.1 Å². The lowest BCUT2D eigenvalue weighted by atomic mass is 9.89. The summed E-state index contributed by atoms with van der Waals surface area (Å²) in [6.07, 6.45) is 9.93. The average molecular weight is 488 g/mol. The van der Waals surface area contributed by atoms with Gasteiger partial charge in [0.05, 0.1) is 11.4 Å². The van der Waals surface area contributed by atoms with Gasteiger partial charge in [-0.15, -0.1) is 0 Å². The predicted molar refractivity (Wildman–Crippen MR) is 132 cm³/mol. The van der Waals surface area contributed by atoms with E-state index in [0.717, 1.165) is 75.8 Å². The summed E-state index contributed by atoms with van der Waals surface area (Å²) in [5, 5.41) is 10.9. The van der Waals surface area contributed by atoms with Crippen LogP contribution in [0.2, 0.25) is 5.02 Å². The van der Waals surface area contributed by atoms with Gasteiger partial charge < -0.3 is 20.1 Å². The Balaban J connectivity index is 1.40. The molecule has 1 aromatic carbocycles. The molecule has 2 N–H and O–H groups in total. The summed E-state index contributed by atoms with van der Waals surface area (Å²) in [5.74, 6) is 0.689. The largest absolute Gasteiger partial charge is 0.370 e. The molecule has 2 aliphatic rings. The number of rotatable bonds is 7. The van der Waals surface area contributed by atoms with Crippen LogP contribution in [0.25, 0.3) is 0 Å². The summed E-state index contributed by atoms with van der Waals surface area (Å²) < 4.78 is 5.48. The number of hydrogen-bond acceptors (Lipinski definition) is 6. The van der Waals surface area contributed by atoms with Crippen LogP contribution >= 0.6 is 11.6 Å². The molecular formula is C25H34ClN5O3. The fourth-order valence-corrected chi connectivity index (χ4v) is 5.25. The van der Waals surface area contributed by atoms with Crippen LogP contribution in [-0.2, 0) is 21.5 Å². The van der Waals surface area contributed by atoms with Crippen LogP contribution in [0.5, 0.6) is 0 Å². The molecule has 8 nitrogen and oxygen atoms in total. The molecule has 0 bridgehead atoms. The molecule has 0 radical (unpaired) electrons. The number of aryl methyl sites for hydroxylation is 1. The number of nitrogens with zero attached hydrogens (tertiary/aromatic N) is 3. The smallest absolute Gasteiger partial charge is 0.227 e. The monoisotopic (exact) mass is 487 g/mol. The van der Waals surface area contributed by atoms with E-state index in [9.17, 15) is 9.59 Å². The number of carbonyl (C=O) groups is 2. The van der Waals surface area contributed by atoms with E-state index < -0.39 is 5.54 Å². The summed E-state index contributed by atoms with van der Waals surface area (Å²) in [7, 11) is 0. The number of benzene rings is 1. The number of hydrogen-bond donors (Lipinski definition) is 2. The summed E-state index contributed by atoms with van der Waals surface area (Å²) in [5.41, 5.74) is 1.15. The van der Waals surface area contributed by atoms with E-state index in [1.165, 1.54) is 13.3 Å². The SMILES string of the molecule is CC(=O)NC1(c2noc(CCC(=O)Nc3cc(Cl)ccc3N3CCCCC3)n2)CCCCCC1. The Morgan fingerprint density at radius 2 is 1.79 bits per heavy atom. The number of halogens is 1. The van der Waals surface area contributed by atoms with Gasteiger partial charge in [0.25, 0.3) is 0 Å². The lowest BCUT2D eigenvalue weighted by molar-refractivity contribution is -0.121. The minimum Gasteiger partial charge on any atom is -0.370 e. The van der Waals surface area contributed by atoms with E-state index in [0.29, 0.717) is 23.2 Å². The quantitative estimate of drug-likeness (QED) is 0.535. The molecule has 1 saturated heterocycles. The van der Waals surface area contributed by atoms with Gasteiger partial charge in [-0.2, -0.15) is 4.98 Å². The van der Waals surface area contributed by atoms with Crippen molar-refractivity contribution >= 4 is 34.8 Å². The summed E-state index contributed by atoms with van der Waals surface area (Å²) in [4.78, 5) is 31.6. The molecule has 184 valence electrons. The molecule has 9 heteroatoms. The average Bonchev–Trinajstić information content (AvgIpc) is 3.18. The number of anilines is 2. The van der Waals surface area contributed by atoms with Crippen molar-refractivity contribution in [1.82, 2.24) is 15.5 Å². The number of nitrogens with one attached hydrogen (secondary N) is 2. The number of aromatic nitrogens is 2. The molecule has 34 heavy (non-hydrogen) atoms. The van der Waals surface area contributed by atoms with Gasteiger partial charge in [-0.3, -0.25) is 9.59 Å². The maximum atomic E-state index is 12.8. The minimum absolute atomic E-state index is 0.0985. The highest BCUT2D eigenvalue weighted by atomic mass is 35.5. The Hall–Kier alpha value is -2.61. The molecule has 2 fully saturated rings. The fraction of sp³-hybridized carbons (Fsp3) is 0.600. The van der Waals surface area contributed by atoms with Gasteiger partial charge in [0, 0.05) is 37.9 Å². The second-order valence-corrected chi connectivity index (χ2v) is 9.88. The fourth-order valence-electron chi connectivity index (χ4n) is 5.08. The van der Waals surface area contributed by atoms with Crippen molar-refractivity contribution in [1.29, 1.82) is 0 Å². The van der Waals surface area contributed by atoms with Crippen molar-refractivity contribution in [2.75, 3.05) is 23.3 Å². The van der Waals surface area contributed by atoms with Crippen molar-refractivity contribution in [3.63, 3.8) is 0 Å². The van der Waals surface area contributed by atoms with E-state index in [1.54, 1.807) is 6.07 Å². The van der Waals surface area contributed by atoms with E-state index in [1.807, 2.05) is 12.1 Å². The molecule has 1 aliphatic heterocycles. The Labute approximate surface area is 205 Å². The van der Waals surface area contributed by atoms with Crippen molar-refractivity contribution in [2.24, 2.45) is 0 Å². The van der Waals surface area contributed by atoms with Crippen LogP contribution in [0, 0.1) is 0 Å². The summed E-state index contributed by atoms with van der Waals surface area (Å²) in [6, 6.07) is 5.64. The van der Waals surface area contributed by atoms with Crippen molar-refractivity contribution in [3.8, 4) is 0 Å². The van der Waals surface area contributed by atoms with E-state index in [-0.39, 0.29) is 18.2 Å². The molecule has 1 aliphatic carbocycles. The molecule has 2 amide bonds. The molecule has 1 aromatic heterocycles.